The molecule has 6 heteroatoms. The van der Waals surface area contributed by atoms with Crippen molar-refractivity contribution in [1.82, 2.24) is 0 Å². The maximum absolute atomic E-state index is 9.93. The monoisotopic (exact) mass is 294 g/mol. The molecule has 2 N–H and O–H groups in total. The second-order valence-electron chi connectivity index (χ2n) is 6.00. The smallest absolute Gasteiger partial charge is 0.293 e. The zero-order valence-corrected chi connectivity index (χ0v) is 12.0. The lowest BCUT2D eigenvalue weighted by Gasteiger charge is -2.26. The Morgan fingerprint density at radius 2 is 2.00 bits per heavy atom. The largest absolute Gasteiger partial charge is 0.386 e. The minimum atomic E-state index is -1.47. The van der Waals surface area contributed by atoms with E-state index in [0.29, 0.717) is 6.61 Å². The van der Waals surface area contributed by atoms with E-state index in [4.69, 9.17) is 15.2 Å². The van der Waals surface area contributed by atoms with Gasteiger partial charge in [-0.25, -0.2) is 4.99 Å². The van der Waals surface area contributed by atoms with Gasteiger partial charge in [-0.2, -0.15) is 10.5 Å². The molecule has 1 aliphatic carbocycles. The molecular formula is C16H14N4O2. The molecule has 4 rings (SSSR count). The third-order valence-electron chi connectivity index (χ3n) is 4.93. The molecule has 0 amide bonds. The maximum Gasteiger partial charge on any atom is 0.293 e. The van der Waals surface area contributed by atoms with Gasteiger partial charge in [-0.05, 0) is 12.5 Å². The molecule has 1 aromatic rings. The number of ether oxygens (including phenoxy) is 2. The van der Waals surface area contributed by atoms with Crippen LogP contribution in [0.1, 0.15) is 18.4 Å². The van der Waals surface area contributed by atoms with Gasteiger partial charge in [0.25, 0.3) is 5.91 Å². The minimum absolute atomic E-state index is 0.125. The molecule has 1 aromatic carbocycles. The Kier molecular flexibility index (Phi) is 2.33. The number of nitrogens with zero attached hydrogens (tertiary/aromatic N) is 3. The van der Waals surface area contributed by atoms with Gasteiger partial charge in [0.05, 0.1) is 24.8 Å². The van der Waals surface area contributed by atoms with E-state index in [1.807, 2.05) is 37.3 Å². The third kappa shape index (κ3) is 1.13. The first-order valence-corrected chi connectivity index (χ1v) is 7.13. The Hall–Kier alpha value is -2.41. The highest BCUT2D eigenvalue weighted by molar-refractivity contribution is 6.00. The second-order valence-corrected chi connectivity index (χ2v) is 6.00. The summed E-state index contributed by atoms with van der Waals surface area (Å²) in [4.78, 5) is 4.27. The van der Waals surface area contributed by atoms with Crippen LogP contribution in [-0.4, -0.2) is 24.5 Å². The highest BCUT2D eigenvalue weighted by Gasteiger charge is 2.94. The van der Waals surface area contributed by atoms with E-state index in [9.17, 15) is 10.5 Å². The molecule has 1 spiro atoms. The summed E-state index contributed by atoms with van der Waals surface area (Å²) in [5.74, 6) is -1.75. The number of fused-ring (bicyclic) bond motifs is 2. The second kappa shape index (κ2) is 3.86. The van der Waals surface area contributed by atoms with Crippen molar-refractivity contribution in [1.29, 1.82) is 10.5 Å². The first kappa shape index (κ1) is 13.3. The molecule has 2 fully saturated rings. The zero-order valence-electron chi connectivity index (χ0n) is 12.0. The molecule has 0 unspecified atom stereocenters. The number of benzene rings is 1. The Morgan fingerprint density at radius 3 is 2.55 bits per heavy atom. The molecule has 2 aliphatic heterocycles. The van der Waals surface area contributed by atoms with E-state index in [1.165, 1.54) is 0 Å². The lowest BCUT2D eigenvalue weighted by atomic mass is 9.94. The molecule has 0 bridgehead atoms. The van der Waals surface area contributed by atoms with Crippen molar-refractivity contribution >= 4 is 5.84 Å². The Balaban J connectivity index is 1.93. The van der Waals surface area contributed by atoms with Gasteiger partial charge in [0, 0.05) is 5.92 Å². The van der Waals surface area contributed by atoms with Crippen molar-refractivity contribution in [2.45, 2.75) is 24.9 Å². The van der Waals surface area contributed by atoms with Crippen molar-refractivity contribution in [2.24, 2.45) is 21.6 Å². The highest BCUT2D eigenvalue weighted by Crippen LogP contribution is 2.82. The van der Waals surface area contributed by atoms with Gasteiger partial charge in [-0.1, -0.05) is 30.3 Å². The number of aliphatic imine (C=N–C) groups is 1. The Labute approximate surface area is 127 Å². The van der Waals surface area contributed by atoms with Crippen LogP contribution in [0.4, 0.5) is 0 Å². The molecule has 1 saturated carbocycles. The van der Waals surface area contributed by atoms with Crippen LogP contribution in [0.15, 0.2) is 35.3 Å². The summed E-state index contributed by atoms with van der Waals surface area (Å²) < 4.78 is 11.6. The van der Waals surface area contributed by atoms with Gasteiger partial charge in [0.1, 0.15) is 11.3 Å². The zero-order chi connectivity index (χ0) is 15.6. The predicted octanol–water partition coefficient (Wildman–Crippen LogP) is 1.26. The topological polar surface area (TPSA) is 104 Å². The van der Waals surface area contributed by atoms with Crippen molar-refractivity contribution < 1.29 is 9.47 Å². The molecule has 0 aromatic heterocycles. The average Bonchev–Trinajstić information content (AvgIpc) is 2.93. The summed E-state index contributed by atoms with van der Waals surface area (Å²) in [5.41, 5.74) is 4.52. The van der Waals surface area contributed by atoms with Gasteiger partial charge in [-0.15, -0.1) is 0 Å². The molecule has 1 saturated heterocycles. The van der Waals surface area contributed by atoms with Gasteiger partial charge in [-0.3, -0.25) is 0 Å². The van der Waals surface area contributed by atoms with Crippen LogP contribution < -0.4 is 5.73 Å². The molecule has 6 nitrogen and oxygen atoms in total. The fourth-order valence-corrected chi connectivity index (χ4v) is 4.01. The van der Waals surface area contributed by atoms with Gasteiger partial charge < -0.3 is 15.2 Å². The first-order chi connectivity index (χ1) is 10.6. The van der Waals surface area contributed by atoms with E-state index in [0.717, 1.165) is 5.56 Å². The fraction of sp³-hybridized carbons (Fsp3) is 0.438. The summed E-state index contributed by atoms with van der Waals surface area (Å²) >= 11 is 0. The summed E-state index contributed by atoms with van der Waals surface area (Å²) in [6.45, 7) is 2.17. The van der Waals surface area contributed by atoms with Crippen LogP contribution in [0.5, 0.6) is 0 Å². The van der Waals surface area contributed by atoms with Crippen LogP contribution in [0.3, 0.4) is 0 Å². The predicted molar refractivity (Wildman–Crippen MR) is 76.1 cm³/mol. The number of hydrogen-bond donors (Lipinski definition) is 1. The first-order valence-electron chi connectivity index (χ1n) is 7.13. The Morgan fingerprint density at radius 1 is 1.27 bits per heavy atom. The van der Waals surface area contributed by atoms with Crippen molar-refractivity contribution in [3.05, 3.63) is 35.9 Å². The van der Waals surface area contributed by atoms with Crippen LogP contribution >= 0.6 is 0 Å². The Bertz CT molecular complexity index is 765. The third-order valence-corrected chi connectivity index (χ3v) is 4.93. The van der Waals surface area contributed by atoms with Crippen molar-refractivity contribution in [3.8, 4) is 12.1 Å². The van der Waals surface area contributed by atoms with Gasteiger partial charge >= 0.3 is 0 Å². The van der Waals surface area contributed by atoms with Gasteiger partial charge in [0.15, 0.2) is 5.41 Å². The fourth-order valence-electron chi connectivity index (χ4n) is 4.01. The highest BCUT2D eigenvalue weighted by atomic mass is 16.8. The lowest BCUT2D eigenvalue weighted by Crippen LogP contribution is -2.39. The lowest BCUT2D eigenvalue weighted by molar-refractivity contribution is -0.193. The standard InChI is InChI=1S/C16H14N4O2/c1-10-7-21-16(22-10)15(9-18)12(11-5-3-2-4-6-11)14(15,8-17)13(19)20-16/h2-6,10,12H,7H2,1H3,(H2,19,20)/t10-,12+,14+,15+,16+/m1/s1. The van der Waals surface area contributed by atoms with Crippen LogP contribution in [0.2, 0.25) is 0 Å². The summed E-state index contributed by atoms with van der Waals surface area (Å²) in [6, 6.07) is 13.9. The normalized spacial score (nSPS) is 45.0. The van der Waals surface area contributed by atoms with E-state index in [2.05, 4.69) is 17.1 Å². The maximum atomic E-state index is 9.93. The molecular weight excluding hydrogens is 280 g/mol. The molecule has 22 heavy (non-hydrogen) atoms. The van der Waals surface area contributed by atoms with Gasteiger partial charge in [0.2, 0.25) is 0 Å². The minimum Gasteiger partial charge on any atom is -0.386 e. The molecule has 0 radical (unpaired) electrons. The van der Waals surface area contributed by atoms with E-state index in [-0.39, 0.29) is 11.9 Å². The number of nitriles is 2. The average molecular weight is 294 g/mol. The van der Waals surface area contributed by atoms with Crippen molar-refractivity contribution in [2.75, 3.05) is 6.61 Å². The molecule has 2 heterocycles. The van der Waals surface area contributed by atoms with Crippen molar-refractivity contribution in [3.63, 3.8) is 0 Å². The van der Waals surface area contributed by atoms with E-state index in [1.54, 1.807) is 0 Å². The number of rotatable bonds is 1. The summed E-state index contributed by atoms with van der Waals surface area (Å²) in [6.07, 6.45) is -0.201. The van der Waals surface area contributed by atoms with E-state index >= 15 is 0 Å². The molecule has 110 valence electrons. The number of hydrogen-bond acceptors (Lipinski definition) is 6. The molecule has 3 aliphatic rings. The van der Waals surface area contributed by atoms with Crippen LogP contribution in [-0.2, 0) is 9.47 Å². The van der Waals surface area contributed by atoms with Crippen LogP contribution in [0.25, 0.3) is 0 Å². The number of amidine groups is 1. The van der Waals surface area contributed by atoms with E-state index < -0.39 is 22.7 Å². The SMILES string of the molecule is C[C@@H]1CO[C@]2(N=C(N)[C@]3(C#N)[C@H](c4ccccc4)[C@]23C#N)O1. The number of nitrogens with two attached hydrogens (primary N) is 1. The summed E-state index contributed by atoms with van der Waals surface area (Å²) in [7, 11) is 0. The van der Waals surface area contributed by atoms with Crippen LogP contribution in [0, 0.1) is 33.5 Å². The summed E-state index contributed by atoms with van der Waals surface area (Å²) in [5, 5.41) is 19.7. The molecule has 5 atom stereocenters. The quantitative estimate of drug-likeness (QED) is 0.839.